The number of hydrogen-bond donors (Lipinski definition) is 1. The lowest BCUT2D eigenvalue weighted by Crippen LogP contribution is -2.50. The van der Waals surface area contributed by atoms with Crippen LogP contribution in [0.4, 0.5) is 10.1 Å². The third-order valence-electron chi connectivity index (χ3n) is 4.43. The average molecular weight is 375 g/mol. The second-order valence-electron chi connectivity index (χ2n) is 6.45. The molecule has 2 heterocycles. The summed E-state index contributed by atoms with van der Waals surface area (Å²) >= 11 is 1.64. The summed E-state index contributed by atoms with van der Waals surface area (Å²) < 4.78 is 12.9. The first kappa shape index (κ1) is 18.5. The molecule has 5 nitrogen and oxygen atoms in total. The van der Waals surface area contributed by atoms with E-state index in [1.54, 1.807) is 11.3 Å². The van der Waals surface area contributed by atoms with Gasteiger partial charge >= 0.3 is 0 Å². The molecule has 138 valence electrons. The molecule has 0 radical (unpaired) electrons. The van der Waals surface area contributed by atoms with Gasteiger partial charge < -0.3 is 10.2 Å². The molecule has 0 atom stereocenters. The second kappa shape index (κ2) is 7.97. The Labute approximate surface area is 156 Å². The van der Waals surface area contributed by atoms with E-state index in [1.165, 1.54) is 24.3 Å². The second-order valence-corrected chi connectivity index (χ2v) is 7.91. The highest BCUT2D eigenvalue weighted by atomic mass is 32.1. The molecule has 26 heavy (non-hydrogen) atoms. The Kier molecular flexibility index (Phi) is 5.68. The van der Waals surface area contributed by atoms with Crippen molar-refractivity contribution in [1.29, 1.82) is 0 Å². The first-order valence-corrected chi connectivity index (χ1v) is 9.38. The maximum absolute atomic E-state index is 12.9. The van der Waals surface area contributed by atoms with Crippen molar-refractivity contribution in [3.63, 3.8) is 0 Å². The van der Waals surface area contributed by atoms with Gasteiger partial charge in [-0.3, -0.25) is 14.5 Å². The van der Waals surface area contributed by atoms with Crippen LogP contribution in [0.5, 0.6) is 0 Å². The van der Waals surface area contributed by atoms with Crippen LogP contribution >= 0.6 is 11.3 Å². The summed E-state index contributed by atoms with van der Waals surface area (Å²) in [7, 11) is 0. The first-order chi connectivity index (χ1) is 12.4. The van der Waals surface area contributed by atoms with E-state index in [0.29, 0.717) is 31.9 Å². The maximum Gasteiger partial charge on any atom is 0.255 e. The number of carbonyl (C=O) groups is 2. The molecule has 0 aliphatic carbocycles. The highest BCUT2D eigenvalue weighted by Gasteiger charge is 2.25. The van der Waals surface area contributed by atoms with Crippen LogP contribution in [0.15, 0.2) is 30.3 Å². The number of hydrogen-bond acceptors (Lipinski definition) is 4. The van der Waals surface area contributed by atoms with Crippen molar-refractivity contribution in [2.24, 2.45) is 0 Å². The van der Waals surface area contributed by atoms with Crippen LogP contribution in [-0.2, 0) is 4.79 Å². The van der Waals surface area contributed by atoms with Gasteiger partial charge in [0.15, 0.2) is 0 Å². The third-order valence-corrected chi connectivity index (χ3v) is 5.39. The fourth-order valence-corrected chi connectivity index (χ4v) is 3.98. The third kappa shape index (κ3) is 4.47. The maximum atomic E-state index is 12.9. The van der Waals surface area contributed by atoms with Gasteiger partial charge in [0.2, 0.25) is 5.91 Å². The minimum Gasteiger partial charge on any atom is -0.336 e. The highest BCUT2D eigenvalue weighted by molar-refractivity contribution is 7.12. The van der Waals surface area contributed by atoms with E-state index in [9.17, 15) is 14.0 Å². The van der Waals surface area contributed by atoms with Gasteiger partial charge in [0.1, 0.15) is 5.82 Å². The van der Waals surface area contributed by atoms with Crippen LogP contribution in [0.25, 0.3) is 0 Å². The molecule has 1 saturated heterocycles. The van der Waals surface area contributed by atoms with Gasteiger partial charge in [0.25, 0.3) is 5.91 Å². The van der Waals surface area contributed by atoms with Gasteiger partial charge in [-0.25, -0.2) is 4.39 Å². The number of piperazine rings is 1. The summed E-state index contributed by atoms with van der Waals surface area (Å²) in [5.41, 5.74) is 1.36. The van der Waals surface area contributed by atoms with Crippen LogP contribution in [0.3, 0.4) is 0 Å². The minimum absolute atomic E-state index is 0.0715. The molecule has 0 spiro atoms. The molecular weight excluding hydrogens is 353 g/mol. The van der Waals surface area contributed by atoms with Crippen molar-refractivity contribution < 1.29 is 14.0 Å². The molecule has 1 N–H and O–H groups in total. The van der Waals surface area contributed by atoms with Crippen molar-refractivity contribution in [2.45, 2.75) is 13.8 Å². The van der Waals surface area contributed by atoms with Gasteiger partial charge in [-0.2, -0.15) is 0 Å². The summed E-state index contributed by atoms with van der Waals surface area (Å²) in [5.74, 6) is -0.400. The standard InChI is InChI=1S/C19H22FN3O2S/c1-13-11-17(14(2)26-13)19(25)23-9-7-22(8-10-23)12-18(24)21-16-5-3-15(20)4-6-16/h3-6,11H,7-10,12H2,1-2H3,(H,21,24). The minimum atomic E-state index is -0.333. The zero-order valence-electron chi connectivity index (χ0n) is 14.9. The zero-order chi connectivity index (χ0) is 18.7. The summed E-state index contributed by atoms with van der Waals surface area (Å²) in [5, 5.41) is 2.76. The normalized spacial score (nSPS) is 15.1. The van der Waals surface area contributed by atoms with E-state index < -0.39 is 0 Å². The summed E-state index contributed by atoms with van der Waals surface area (Å²) in [6, 6.07) is 7.65. The largest absolute Gasteiger partial charge is 0.336 e. The van der Waals surface area contributed by atoms with E-state index in [-0.39, 0.29) is 24.2 Å². The van der Waals surface area contributed by atoms with Crippen molar-refractivity contribution in [2.75, 3.05) is 38.0 Å². The lowest BCUT2D eigenvalue weighted by Gasteiger charge is -2.34. The lowest BCUT2D eigenvalue weighted by atomic mass is 10.2. The molecule has 0 unspecified atom stereocenters. The predicted octanol–water partition coefficient (Wildman–Crippen LogP) is 2.90. The quantitative estimate of drug-likeness (QED) is 0.894. The topological polar surface area (TPSA) is 52.7 Å². The number of nitrogens with zero attached hydrogens (tertiary/aromatic N) is 2. The fourth-order valence-electron chi connectivity index (χ4n) is 3.06. The molecule has 1 aliphatic heterocycles. The highest BCUT2D eigenvalue weighted by Crippen LogP contribution is 2.22. The molecule has 1 aromatic carbocycles. The van der Waals surface area contributed by atoms with Crippen LogP contribution < -0.4 is 5.32 Å². The van der Waals surface area contributed by atoms with Gasteiger partial charge in [-0.1, -0.05) is 0 Å². The summed E-state index contributed by atoms with van der Waals surface area (Å²) in [6.45, 7) is 6.77. The smallest absolute Gasteiger partial charge is 0.255 e. The van der Waals surface area contributed by atoms with E-state index >= 15 is 0 Å². The van der Waals surface area contributed by atoms with Crippen LogP contribution in [0.1, 0.15) is 20.1 Å². The Morgan fingerprint density at radius 1 is 1.12 bits per heavy atom. The first-order valence-electron chi connectivity index (χ1n) is 8.56. The summed E-state index contributed by atoms with van der Waals surface area (Å²) in [4.78, 5) is 30.8. The predicted molar refractivity (Wildman–Crippen MR) is 101 cm³/mol. The molecule has 0 bridgehead atoms. The van der Waals surface area contributed by atoms with Crippen molar-refractivity contribution >= 4 is 28.8 Å². The Morgan fingerprint density at radius 2 is 1.77 bits per heavy atom. The average Bonchev–Trinajstić information content (AvgIpc) is 2.95. The van der Waals surface area contributed by atoms with Crippen LogP contribution in [0.2, 0.25) is 0 Å². The fraction of sp³-hybridized carbons (Fsp3) is 0.368. The van der Waals surface area contributed by atoms with Crippen molar-refractivity contribution in [1.82, 2.24) is 9.80 Å². The van der Waals surface area contributed by atoms with Crippen molar-refractivity contribution in [3.8, 4) is 0 Å². The Balaban J connectivity index is 1.49. The van der Waals surface area contributed by atoms with Crippen LogP contribution in [0, 0.1) is 19.7 Å². The van der Waals surface area contributed by atoms with E-state index in [4.69, 9.17) is 0 Å². The molecule has 1 aliphatic rings. The monoisotopic (exact) mass is 375 g/mol. The Hall–Kier alpha value is -2.25. The van der Waals surface area contributed by atoms with Crippen molar-refractivity contribution in [3.05, 3.63) is 51.5 Å². The molecule has 1 aromatic heterocycles. The van der Waals surface area contributed by atoms with Gasteiger partial charge in [0.05, 0.1) is 12.1 Å². The SMILES string of the molecule is Cc1cc(C(=O)N2CCN(CC(=O)Nc3ccc(F)cc3)CC2)c(C)s1. The molecule has 7 heteroatoms. The molecule has 3 rings (SSSR count). The number of nitrogens with one attached hydrogen (secondary N) is 1. The number of aryl methyl sites for hydroxylation is 2. The van der Waals surface area contributed by atoms with E-state index in [0.717, 1.165) is 15.3 Å². The Bertz CT molecular complexity index is 796. The van der Waals surface area contributed by atoms with E-state index in [2.05, 4.69) is 5.32 Å². The number of benzene rings is 1. The van der Waals surface area contributed by atoms with Gasteiger partial charge in [-0.15, -0.1) is 11.3 Å². The zero-order valence-corrected chi connectivity index (χ0v) is 15.7. The molecule has 2 amide bonds. The van der Waals surface area contributed by atoms with Gasteiger partial charge in [0, 0.05) is 41.6 Å². The molecule has 2 aromatic rings. The number of halogens is 1. The number of thiophene rings is 1. The molecular formula is C19H22FN3O2S. The number of rotatable bonds is 4. The molecule has 0 saturated carbocycles. The van der Waals surface area contributed by atoms with Crippen LogP contribution in [-0.4, -0.2) is 54.3 Å². The number of carbonyl (C=O) groups excluding carboxylic acids is 2. The van der Waals surface area contributed by atoms with Gasteiger partial charge in [-0.05, 0) is 44.2 Å². The van der Waals surface area contributed by atoms with E-state index in [1.807, 2.05) is 29.7 Å². The number of amides is 2. The summed E-state index contributed by atoms with van der Waals surface area (Å²) in [6.07, 6.45) is 0. The lowest BCUT2D eigenvalue weighted by molar-refractivity contribution is -0.117. The number of anilines is 1. The molecule has 1 fully saturated rings. The Morgan fingerprint density at radius 3 is 2.35 bits per heavy atom.